The Kier molecular flexibility index (Phi) is 5.58. The molecule has 6 atom stereocenters. The number of nitrogens with one attached hydrogen (secondary N) is 2. The predicted molar refractivity (Wildman–Crippen MR) is 135 cm³/mol. The van der Waals surface area contributed by atoms with E-state index < -0.39 is 0 Å². The minimum Gasteiger partial charge on any atom is -0.302 e. The van der Waals surface area contributed by atoms with E-state index in [0.717, 1.165) is 22.3 Å². The first kappa shape index (κ1) is 21.0. The molecule has 2 heterocycles. The van der Waals surface area contributed by atoms with Crippen LogP contribution in [0.5, 0.6) is 0 Å². The van der Waals surface area contributed by atoms with Crippen LogP contribution < -0.4 is 10.6 Å². The molecule has 6 rings (SSSR count). The number of hydrogen-bond donors (Lipinski definition) is 2. The minimum atomic E-state index is -0.199. The van der Waals surface area contributed by atoms with Gasteiger partial charge < -0.3 is 10.6 Å². The van der Waals surface area contributed by atoms with Gasteiger partial charge in [-0.15, -0.1) is 0 Å². The largest absolute Gasteiger partial charge is 0.302 e. The Morgan fingerprint density at radius 3 is 0.853 bits per heavy atom. The number of carbonyl (C=O) groups excluding carboxylic acids is 1. The fourth-order valence-electron chi connectivity index (χ4n) is 5.92. The van der Waals surface area contributed by atoms with Gasteiger partial charge in [-0.05, 0) is 22.3 Å². The molecule has 34 heavy (non-hydrogen) atoms. The van der Waals surface area contributed by atoms with E-state index in [1.807, 2.05) is 24.3 Å². The Morgan fingerprint density at radius 2 is 0.618 bits per heavy atom. The average Bonchev–Trinajstić information content (AvgIpc) is 2.91. The second-order valence-corrected chi connectivity index (χ2v) is 9.34. The Morgan fingerprint density at radius 1 is 0.382 bits per heavy atom. The molecule has 2 aliphatic rings. The van der Waals surface area contributed by atoms with Gasteiger partial charge in [0.05, 0.1) is 11.8 Å². The highest BCUT2D eigenvalue weighted by atomic mass is 16.1. The summed E-state index contributed by atoms with van der Waals surface area (Å²) in [6.45, 7) is 0. The molecule has 0 aliphatic carbocycles. The van der Waals surface area contributed by atoms with E-state index in [0.29, 0.717) is 5.78 Å². The van der Waals surface area contributed by atoms with Gasteiger partial charge in [0.25, 0.3) is 0 Å². The van der Waals surface area contributed by atoms with Crippen LogP contribution in [0.25, 0.3) is 0 Å². The van der Waals surface area contributed by atoms with Crippen molar-refractivity contribution in [3.63, 3.8) is 0 Å². The third-order valence-electron chi connectivity index (χ3n) is 7.45. The first-order valence-corrected chi connectivity index (χ1v) is 12.1. The highest BCUT2D eigenvalue weighted by Gasteiger charge is 2.55. The van der Waals surface area contributed by atoms with E-state index in [4.69, 9.17) is 0 Å². The molecule has 2 aliphatic heterocycles. The van der Waals surface area contributed by atoms with Crippen LogP contribution in [-0.2, 0) is 4.79 Å². The summed E-state index contributed by atoms with van der Waals surface area (Å²) in [5.74, 6) is -0.0626. The number of piperidine rings is 2. The van der Waals surface area contributed by atoms with Crippen LogP contribution in [0.1, 0.15) is 46.4 Å². The summed E-state index contributed by atoms with van der Waals surface area (Å²) in [6, 6.07) is 41.4. The lowest BCUT2D eigenvalue weighted by molar-refractivity contribution is -0.139. The summed E-state index contributed by atoms with van der Waals surface area (Å²) < 4.78 is 0. The molecular weight excluding hydrogens is 416 g/mol. The minimum absolute atomic E-state index is 0.0791. The summed E-state index contributed by atoms with van der Waals surface area (Å²) in [5, 5.41) is 7.91. The molecule has 3 heteroatoms. The van der Waals surface area contributed by atoms with E-state index in [1.54, 1.807) is 0 Å². The van der Waals surface area contributed by atoms with Gasteiger partial charge in [-0.1, -0.05) is 121 Å². The Balaban J connectivity index is 1.52. The molecule has 4 aromatic carbocycles. The van der Waals surface area contributed by atoms with E-state index in [2.05, 4.69) is 108 Å². The summed E-state index contributed by atoms with van der Waals surface area (Å²) in [4.78, 5) is 14.5. The standard InChI is InChI=1S/C31H28N2O/c34-31-25-27(21-13-5-1-6-14-21)32-29(23-17-9-3-10-18-23)26(31)30(24-19-11-4-12-20-24)33-28(25)22-15-7-2-8-16-22/h1-20,25-30,32-33H/t25?,26?,27-,28+,29-,30+. The van der Waals surface area contributed by atoms with Crippen LogP contribution in [0.15, 0.2) is 121 Å². The Labute approximate surface area is 200 Å². The fourth-order valence-corrected chi connectivity index (χ4v) is 5.92. The lowest BCUT2D eigenvalue weighted by Crippen LogP contribution is -2.60. The van der Waals surface area contributed by atoms with Gasteiger partial charge >= 0.3 is 0 Å². The lowest BCUT2D eigenvalue weighted by Gasteiger charge is -2.52. The normalized spacial score (nSPS) is 28.4. The summed E-state index contributed by atoms with van der Waals surface area (Å²) in [5.41, 5.74) is 4.62. The molecule has 168 valence electrons. The van der Waals surface area contributed by atoms with Crippen LogP contribution in [0, 0.1) is 11.8 Å². The second kappa shape index (κ2) is 9.02. The van der Waals surface area contributed by atoms with Crippen molar-refractivity contribution in [3.05, 3.63) is 144 Å². The number of hydrogen-bond acceptors (Lipinski definition) is 3. The van der Waals surface area contributed by atoms with Crippen molar-refractivity contribution in [3.8, 4) is 0 Å². The SMILES string of the molecule is O=C1C2[C@@H](c3ccccc3)N[C@H](c3ccccc3)C1[C@H](c1ccccc1)N[C@H]2c1ccccc1. The third kappa shape index (κ3) is 3.67. The first-order chi connectivity index (χ1) is 16.8. The highest BCUT2D eigenvalue weighted by molar-refractivity contribution is 5.89. The van der Waals surface area contributed by atoms with Crippen molar-refractivity contribution >= 4 is 5.78 Å². The number of ketones is 1. The molecule has 0 aromatic heterocycles. The van der Waals surface area contributed by atoms with Crippen LogP contribution >= 0.6 is 0 Å². The number of Topliss-reactive ketones (excluding diaryl/α,β-unsaturated/α-hetero) is 1. The molecule has 2 saturated heterocycles. The van der Waals surface area contributed by atoms with Gasteiger partial charge in [-0.2, -0.15) is 0 Å². The molecule has 0 saturated carbocycles. The topological polar surface area (TPSA) is 41.1 Å². The van der Waals surface area contributed by atoms with Crippen molar-refractivity contribution in [2.45, 2.75) is 24.2 Å². The summed E-state index contributed by atoms with van der Waals surface area (Å²) in [7, 11) is 0. The summed E-state index contributed by atoms with van der Waals surface area (Å²) in [6.07, 6.45) is 0. The molecule has 2 bridgehead atoms. The molecule has 2 N–H and O–H groups in total. The van der Waals surface area contributed by atoms with Crippen LogP contribution in [-0.4, -0.2) is 5.78 Å². The van der Waals surface area contributed by atoms with Gasteiger partial charge in [0, 0.05) is 24.2 Å². The number of fused-ring (bicyclic) bond motifs is 2. The van der Waals surface area contributed by atoms with E-state index >= 15 is 0 Å². The van der Waals surface area contributed by atoms with Gasteiger partial charge in [0.2, 0.25) is 0 Å². The lowest BCUT2D eigenvalue weighted by atomic mass is 9.64. The maximum atomic E-state index is 14.5. The van der Waals surface area contributed by atoms with Crippen molar-refractivity contribution in [2.24, 2.45) is 11.8 Å². The smallest absolute Gasteiger partial charge is 0.146 e. The van der Waals surface area contributed by atoms with Gasteiger partial charge in [0.1, 0.15) is 5.78 Å². The van der Waals surface area contributed by atoms with Crippen LogP contribution in [0.3, 0.4) is 0 Å². The van der Waals surface area contributed by atoms with E-state index in [9.17, 15) is 4.79 Å². The Hall–Kier alpha value is -3.53. The predicted octanol–water partition coefficient (Wildman–Crippen LogP) is 5.96. The zero-order valence-corrected chi connectivity index (χ0v) is 18.9. The van der Waals surface area contributed by atoms with Crippen LogP contribution in [0.2, 0.25) is 0 Å². The molecule has 2 unspecified atom stereocenters. The van der Waals surface area contributed by atoms with Gasteiger partial charge in [0.15, 0.2) is 0 Å². The zero-order valence-electron chi connectivity index (χ0n) is 18.9. The van der Waals surface area contributed by atoms with Crippen LogP contribution in [0.4, 0.5) is 0 Å². The average molecular weight is 445 g/mol. The monoisotopic (exact) mass is 444 g/mol. The molecule has 0 amide bonds. The third-order valence-corrected chi connectivity index (χ3v) is 7.45. The van der Waals surface area contributed by atoms with Crippen molar-refractivity contribution in [2.75, 3.05) is 0 Å². The van der Waals surface area contributed by atoms with E-state index in [-0.39, 0.29) is 36.0 Å². The van der Waals surface area contributed by atoms with E-state index in [1.165, 1.54) is 0 Å². The van der Waals surface area contributed by atoms with Crippen molar-refractivity contribution in [1.82, 2.24) is 10.6 Å². The van der Waals surface area contributed by atoms with Gasteiger partial charge in [-0.3, -0.25) is 4.79 Å². The van der Waals surface area contributed by atoms with Crippen molar-refractivity contribution in [1.29, 1.82) is 0 Å². The quantitative estimate of drug-likeness (QED) is 0.408. The van der Waals surface area contributed by atoms with Gasteiger partial charge in [-0.25, -0.2) is 0 Å². The maximum Gasteiger partial charge on any atom is 0.146 e. The molecule has 3 nitrogen and oxygen atoms in total. The molecule has 4 aromatic rings. The molecule has 0 spiro atoms. The second-order valence-electron chi connectivity index (χ2n) is 9.34. The summed E-state index contributed by atoms with van der Waals surface area (Å²) >= 11 is 0. The zero-order chi connectivity index (χ0) is 22.9. The highest BCUT2D eigenvalue weighted by Crippen LogP contribution is 2.51. The fraction of sp³-hybridized carbons (Fsp3) is 0.194. The molecule has 0 radical (unpaired) electrons. The maximum absolute atomic E-state index is 14.5. The molecular formula is C31H28N2O. The first-order valence-electron chi connectivity index (χ1n) is 12.1. The number of rotatable bonds is 4. The Bertz CT molecular complexity index is 1050. The van der Waals surface area contributed by atoms with Crippen molar-refractivity contribution < 1.29 is 4.79 Å². The molecule has 2 fully saturated rings. The number of carbonyl (C=O) groups is 1. The number of benzene rings is 4.